The van der Waals surface area contributed by atoms with Crippen LogP contribution >= 0.6 is 15.9 Å². The first-order chi connectivity index (χ1) is 7.97. The van der Waals surface area contributed by atoms with Crippen LogP contribution in [0.3, 0.4) is 0 Å². The molecule has 0 unspecified atom stereocenters. The molecular formula is C11H12BrNO4. The number of nitrogens with zero attached hydrogens (tertiary/aromatic N) is 1. The molecule has 1 atom stereocenters. The topological polar surface area (TPSA) is 77.8 Å². The van der Waals surface area contributed by atoms with Crippen LogP contribution in [-0.2, 0) is 4.79 Å². The highest BCUT2D eigenvalue weighted by Gasteiger charge is 2.26. The number of carboxylic acid groups (broad SMARTS) is 1. The summed E-state index contributed by atoms with van der Waals surface area (Å²) in [6.07, 6.45) is 0. The van der Waals surface area contributed by atoms with Crippen molar-refractivity contribution in [2.24, 2.45) is 0 Å². The van der Waals surface area contributed by atoms with E-state index in [1.165, 1.54) is 7.05 Å². The first-order valence-corrected chi connectivity index (χ1v) is 5.63. The lowest BCUT2D eigenvalue weighted by molar-refractivity contribution is -0.143. The molecule has 1 aromatic carbocycles. The fourth-order valence-electron chi connectivity index (χ4n) is 1.30. The van der Waals surface area contributed by atoms with E-state index in [-0.39, 0.29) is 0 Å². The van der Waals surface area contributed by atoms with Gasteiger partial charge >= 0.3 is 5.97 Å². The summed E-state index contributed by atoms with van der Waals surface area (Å²) in [6.45, 7) is -0.617. The van der Waals surface area contributed by atoms with Crippen LogP contribution in [0.1, 0.15) is 10.4 Å². The van der Waals surface area contributed by atoms with E-state index in [0.29, 0.717) is 5.56 Å². The third-order valence-corrected chi connectivity index (χ3v) is 2.87. The van der Waals surface area contributed by atoms with Gasteiger partial charge in [-0.05, 0) is 24.3 Å². The number of aliphatic carboxylic acids is 1. The molecule has 17 heavy (non-hydrogen) atoms. The zero-order valence-electron chi connectivity index (χ0n) is 9.13. The van der Waals surface area contributed by atoms with Crippen molar-refractivity contribution in [1.29, 1.82) is 0 Å². The van der Waals surface area contributed by atoms with Crippen molar-refractivity contribution in [1.82, 2.24) is 4.90 Å². The minimum Gasteiger partial charge on any atom is -0.480 e. The van der Waals surface area contributed by atoms with Gasteiger partial charge in [0.1, 0.15) is 0 Å². The SMILES string of the molecule is CN(C(=O)c1ccc(Br)cc1)[C@@H](CO)C(=O)O. The van der Waals surface area contributed by atoms with Gasteiger partial charge in [-0.1, -0.05) is 15.9 Å². The number of carbonyl (C=O) groups is 2. The second kappa shape index (κ2) is 5.79. The van der Waals surface area contributed by atoms with Gasteiger partial charge < -0.3 is 15.1 Å². The van der Waals surface area contributed by atoms with E-state index < -0.39 is 24.5 Å². The number of aliphatic hydroxyl groups is 1. The zero-order chi connectivity index (χ0) is 13.0. The molecule has 0 saturated heterocycles. The molecule has 0 bridgehead atoms. The van der Waals surface area contributed by atoms with Gasteiger partial charge in [-0.3, -0.25) is 4.79 Å². The smallest absolute Gasteiger partial charge is 0.328 e. The van der Waals surface area contributed by atoms with Crippen LogP contribution < -0.4 is 0 Å². The Morgan fingerprint density at radius 2 is 1.88 bits per heavy atom. The van der Waals surface area contributed by atoms with E-state index in [1.54, 1.807) is 24.3 Å². The van der Waals surface area contributed by atoms with E-state index in [4.69, 9.17) is 10.2 Å². The summed E-state index contributed by atoms with van der Waals surface area (Å²) < 4.78 is 0.827. The largest absolute Gasteiger partial charge is 0.480 e. The molecule has 0 aliphatic heterocycles. The van der Waals surface area contributed by atoms with E-state index in [0.717, 1.165) is 9.37 Å². The lowest BCUT2D eigenvalue weighted by Gasteiger charge is -2.23. The fraction of sp³-hybridized carbons (Fsp3) is 0.273. The predicted molar refractivity (Wildman–Crippen MR) is 64.7 cm³/mol. The minimum absolute atomic E-state index is 0.371. The Balaban J connectivity index is 2.89. The number of rotatable bonds is 4. The molecule has 0 heterocycles. The van der Waals surface area contributed by atoms with Crippen molar-refractivity contribution in [3.63, 3.8) is 0 Å². The number of hydrogen-bond acceptors (Lipinski definition) is 3. The summed E-state index contributed by atoms with van der Waals surface area (Å²) in [5.74, 6) is -1.68. The third-order valence-electron chi connectivity index (χ3n) is 2.34. The fourth-order valence-corrected chi connectivity index (χ4v) is 1.57. The minimum atomic E-state index is -1.24. The standard InChI is InChI=1S/C11H12BrNO4/c1-13(9(6-14)11(16)17)10(15)7-2-4-8(12)5-3-7/h2-5,9,14H,6H2,1H3,(H,16,17)/t9-/m0/s1. The van der Waals surface area contributed by atoms with Crippen LogP contribution in [0.5, 0.6) is 0 Å². The van der Waals surface area contributed by atoms with Gasteiger partial charge in [0.2, 0.25) is 0 Å². The zero-order valence-corrected chi connectivity index (χ0v) is 10.7. The molecular weight excluding hydrogens is 290 g/mol. The quantitative estimate of drug-likeness (QED) is 0.868. The number of halogens is 1. The number of amides is 1. The molecule has 1 aromatic rings. The van der Waals surface area contributed by atoms with Crippen molar-refractivity contribution in [2.75, 3.05) is 13.7 Å². The number of hydrogen-bond donors (Lipinski definition) is 2. The van der Waals surface area contributed by atoms with Gasteiger partial charge in [-0.2, -0.15) is 0 Å². The average Bonchev–Trinajstić information content (AvgIpc) is 2.29. The second-order valence-electron chi connectivity index (χ2n) is 3.46. The maximum atomic E-state index is 11.9. The van der Waals surface area contributed by atoms with E-state index in [2.05, 4.69) is 15.9 Å². The summed E-state index contributed by atoms with van der Waals surface area (Å²) in [7, 11) is 1.35. The molecule has 6 heteroatoms. The summed E-state index contributed by atoms with van der Waals surface area (Å²) in [5.41, 5.74) is 0.371. The Hall–Kier alpha value is -1.40. The van der Waals surface area contributed by atoms with Gasteiger partial charge in [0.05, 0.1) is 6.61 Å². The maximum Gasteiger partial charge on any atom is 0.328 e. The van der Waals surface area contributed by atoms with Crippen LogP contribution in [0, 0.1) is 0 Å². The molecule has 5 nitrogen and oxygen atoms in total. The number of benzene rings is 1. The molecule has 2 N–H and O–H groups in total. The van der Waals surface area contributed by atoms with Gasteiger partial charge in [0, 0.05) is 17.1 Å². The van der Waals surface area contributed by atoms with E-state index >= 15 is 0 Å². The summed E-state index contributed by atoms with van der Waals surface area (Å²) in [4.78, 5) is 23.7. The molecule has 92 valence electrons. The third kappa shape index (κ3) is 3.28. The predicted octanol–water partition coefficient (Wildman–Crippen LogP) is 0.967. The monoisotopic (exact) mass is 301 g/mol. The summed E-state index contributed by atoms with van der Waals surface area (Å²) in [5, 5.41) is 17.7. The molecule has 1 rings (SSSR count). The molecule has 0 radical (unpaired) electrons. The van der Waals surface area contributed by atoms with Crippen molar-refractivity contribution >= 4 is 27.8 Å². The first kappa shape index (κ1) is 13.7. The molecule has 1 amide bonds. The summed E-state index contributed by atoms with van der Waals surface area (Å²) in [6, 6.07) is 5.32. The lowest BCUT2D eigenvalue weighted by Crippen LogP contribution is -2.44. The van der Waals surface area contributed by atoms with Gasteiger partial charge in [0.25, 0.3) is 5.91 Å². The van der Waals surface area contributed by atoms with Crippen molar-refractivity contribution in [3.8, 4) is 0 Å². The Morgan fingerprint density at radius 1 is 1.35 bits per heavy atom. The second-order valence-corrected chi connectivity index (χ2v) is 4.38. The van der Waals surface area contributed by atoms with Crippen LogP contribution in [0.4, 0.5) is 0 Å². The molecule has 0 aromatic heterocycles. The highest BCUT2D eigenvalue weighted by atomic mass is 79.9. The van der Waals surface area contributed by atoms with E-state index in [9.17, 15) is 9.59 Å². The molecule has 0 aliphatic rings. The molecule has 0 aliphatic carbocycles. The molecule has 0 saturated carbocycles. The van der Waals surface area contributed by atoms with E-state index in [1.807, 2.05) is 0 Å². The van der Waals surface area contributed by atoms with Crippen LogP contribution in [0.25, 0.3) is 0 Å². The Labute approximate surface area is 107 Å². The van der Waals surface area contributed by atoms with Crippen LogP contribution in [0.2, 0.25) is 0 Å². The number of carbonyl (C=O) groups excluding carboxylic acids is 1. The highest BCUT2D eigenvalue weighted by molar-refractivity contribution is 9.10. The van der Waals surface area contributed by atoms with Gasteiger partial charge in [0.15, 0.2) is 6.04 Å². The van der Waals surface area contributed by atoms with Gasteiger partial charge in [-0.25, -0.2) is 4.79 Å². The Bertz CT molecular complexity index is 418. The molecule has 0 fully saturated rings. The molecule has 0 spiro atoms. The van der Waals surface area contributed by atoms with Crippen molar-refractivity contribution in [2.45, 2.75) is 6.04 Å². The number of carboxylic acids is 1. The Morgan fingerprint density at radius 3 is 2.29 bits per heavy atom. The van der Waals surface area contributed by atoms with Gasteiger partial charge in [-0.15, -0.1) is 0 Å². The van der Waals surface area contributed by atoms with Crippen molar-refractivity contribution in [3.05, 3.63) is 34.3 Å². The number of aliphatic hydroxyl groups excluding tert-OH is 1. The summed E-state index contributed by atoms with van der Waals surface area (Å²) >= 11 is 3.24. The normalized spacial score (nSPS) is 11.9. The lowest BCUT2D eigenvalue weighted by atomic mass is 10.1. The highest BCUT2D eigenvalue weighted by Crippen LogP contribution is 2.13. The Kier molecular flexibility index (Phi) is 4.65. The van der Waals surface area contributed by atoms with Crippen molar-refractivity contribution < 1.29 is 19.8 Å². The van der Waals surface area contributed by atoms with Crippen LogP contribution in [-0.4, -0.2) is 46.7 Å². The maximum absolute atomic E-state index is 11.9. The van der Waals surface area contributed by atoms with Crippen LogP contribution in [0.15, 0.2) is 28.7 Å². The average molecular weight is 302 g/mol. The number of likely N-dealkylation sites (N-methyl/N-ethyl adjacent to an activating group) is 1. The first-order valence-electron chi connectivity index (χ1n) is 4.83.